The lowest BCUT2D eigenvalue weighted by Crippen LogP contribution is -2.46. The average Bonchev–Trinajstić information content (AvgIpc) is 2.56. The van der Waals surface area contributed by atoms with Crippen LogP contribution in [-0.2, 0) is 0 Å². The Morgan fingerprint density at radius 2 is 1.35 bits per heavy atom. The van der Waals surface area contributed by atoms with Crippen molar-refractivity contribution in [3.8, 4) is 0 Å². The molecule has 0 radical (unpaired) electrons. The smallest absolute Gasteiger partial charge is 0.135 e. The summed E-state index contributed by atoms with van der Waals surface area (Å²) in [7, 11) is 0. The predicted octanol–water partition coefficient (Wildman–Crippen LogP) is 6.24. The van der Waals surface area contributed by atoms with E-state index in [9.17, 15) is 17.6 Å². The molecule has 0 aromatic carbocycles. The van der Waals surface area contributed by atoms with Gasteiger partial charge in [0.1, 0.15) is 24.7 Å². The molecule has 0 nitrogen and oxygen atoms in total. The minimum atomic E-state index is -1.71. The molecule has 2 aliphatic carbocycles. The lowest BCUT2D eigenvalue weighted by Gasteiger charge is -2.43. The van der Waals surface area contributed by atoms with E-state index in [1.807, 2.05) is 0 Å². The first-order chi connectivity index (χ1) is 10.8. The van der Waals surface area contributed by atoms with Gasteiger partial charge in [0.15, 0.2) is 0 Å². The fourth-order valence-electron chi connectivity index (χ4n) is 4.68. The molecule has 0 aromatic heterocycles. The maximum absolute atomic E-state index is 14.7. The zero-order valence-electron chi connectivity index (χ0n) is 14.7. The largest absolute Gasteiger partial charge is 0.244 e. The molecule has 2 fully saturated rings. The van der Waals surface area contributed by atoms with Gasteiger partial charge in [0.2, 0.25) is 0 Å². The summed E-state index contributed by atoms with van der Waals surface area (Å²) in [5.74, 6) is -1.85. The second-order valence-electron chi connectivity index (χ2n) is 8.18. The molecule has 4 heteroatoms. The van der Waals surface area contributed by atoms with Gasteiger partial charge in [-0.1, -0.05) is 52.9 Å². The molecule has 0 heterocycles. The van der Waals surface area contributed by atoms with E-state index in [0.29, 0.717) is 12.8 Å². The quantitative estimate of drug-likeness (QED) is 0.521. The van der Waals surface area contributed by atoms with Crippen molar-refractivity contribution in [1.82, 2.24) is 0 Å². The third-order valence-corrected chi connectivity index (χ3v) is 6.33. The minimum absolute atomic E-state index is 0.224. The molecule has 7 atom stereocenters. The van der Waals surface area contributed by atoms with Crippen LogP contribution in [-0.4, -0.2) is 24.7 Å². The van der Waals surface area contributed by atoms with Crippen molar-refractivity contribution >= 4 is 0 Å². The standard InChI is InChI=1S/C19H32F4/c1-11(2)16(20)17(21)12(3)14-9-10-15(19(23)18(14)22)13-7-5-4-6-8-13/h11-19H,4-10H2,1-3H3. The fourth-order valence-corrected chi connectivity index (χ4v) is 4.68. The van der Waals surface area contributed by atoms with Gasteiger partial charge in [-0.05, 0) is 42.4 Å². The van der Waals surface area contributed by atoms with Crippen LogP contribution in [0.3, 0.4) is 0 Å². The molecule has 0 amide bonds. The highest BCUT2D eigenvalue weighted by Gasteiger charge is 2.47. The maximum atomic E-state index is 14.7. The van der Waals surface area contributed by atoms with E-state index in [-0.39, 0.29) is 11.8 Å². The number of rotatable bonds is 5. The number of hydrogen-bond acceptors (Lipinski definition) is 0. The summed E-state index contributed by atoms with van der Waals surface area (Å²) in [6, 6.07) is 0. The van der Waals surface area contributed by atoms with Gasteiger partial charge in [-0.2, -0.15) is 0 Å². The van der Waals surface area contributed by atoms with Crippen molar-refractivity contribution < 1.29 is 17.6 Å². The molecule has 0 N–H and O–H groups in total. The van der Waals surface area contributed by atoms with Gasteiger partial charge in [-0.3, -0.25) is 0 Å². The van der Waals surface area contributed by atoms with Crippen LogP contribution in [0.1, 0.15) is 65.7 Å². The van der Waals surface area contributed by atoms with Gasteiger partial charge in [0.05, 0.1) is 0 Å². The number of hydrogen-bond donors (Lipinski definition) is 0. The molecular formula is C19H32F4. The first kappa shape index (κ1) is 19.1. The molecule has 2 aliphatic rings. The first-order valence-corrected chi connectivity index (χ1v) is 9.40. The zero-order chi connectivity index (χ0) is 17.1. The topological polar surface area (TPSA) is 0 Å². The van der Waals surface area contributed by atoms with Crippen molar-refractivity contribution in [2.24, 2.45) is 29.6 Å². The molecular weight excluding hydrogens is 304 g/mol. The summed E-state index contributed by atoms with van der Waals surface area (Å²) in [5.41, 5.74) is 0. The van der Waals surface area contributed by atoms with E-state index in [4.69, 9.17) is 0 Å². The summed E-state index contributed by atoms with van der Waals surface area (Å²) in [6.45, 7) is 4.79. The van der Waals surface area contributed by atoms with Crippen molar-refractivity contribution in [2.45, 2.75) is 90.4 Å². The third kappa shape index (κ3) is 4.22. The predicted molar refractivity (Wildman–Crippen MR) is 86.4 cm³/mol. The van der Waals surface area contributed by atoms with Gasteiger partial charge in [0, 0.05) is 0 Å². The van der Waals surface area contributed by atoms with Crippen molar-refractivity contribution in [1.29, 1.82) is 0 Å². The molecule has 2 rings (SSSR count). The zero-order valence-corrected chi connectivity index (χ0v) is 14.7. The van der Waals surface area contributed by atoms with Crippen molar-refractivity contribution in [3.05, 3.63) is 0 Å². The Hall–Kier alpha value is -0.280. The van der Waals surface area contributed by atoms with Crippen LogP contribution in [0.5, 0.6) is 0 Å². The van der Waals surface area contributed by atoms with Crippen LogP contribution in [0.15, 0.2) is 0 Å². The molecule has 0 aliphatic heterocycles. The molecule has 2 saturated carbocycles. The highest BCUT2D eigenvalue weighted by atomic mass is 19.2. The van der Waals surface area contributed by atoms with Gasteiger partial charge in [0.25, 0.3) is 0 Å². The van der Waals surface area contributed by atoms with E-state index < -0.39 is 42.4 Å². The molecule has 7 unspecified atom stereocenters. The monoisotopic (exact) mass is 336 g/mol. The summed E-state index contributed by atoms with van der Waals surface area (Å²) < 4.78 is 57.6. The van der Waals surface area contributed by atoms with E-state index in [2.05, 4.69) is 0 Å². The van der Waals surface area contributed by atoms with Crippen LogP contribution in [0, 0.1) is 29.6 Å². The Bertz CT molecular complexity index is 353. The molecule has 0 saturated heterocycles. The summed E-state index contributed by atoms with van der Waals surface area (Å²) in [4.78, 5) is 0. The lowest BCUT2D eigenvalue weighted by molar-refractivity contribution is -0.0485. The Balaban J connectivity index is 1.98. The Morgan fingerprint density at radius 1 is 0.739 bits per heavy atom. The Kier molecular flexibility index (Phi) is 6.79. The van der Waals surface area contributed by atoms with Crippen LogP contribution in [0.25, 0.3) is 0 Å². The third-order valence-electron chi connectivity index (χ3n) is 6.33. The highest BCUT2D eigenvalue weighted by Crippen LogP contribution is 2.45. The first-order valence-electron chi connectivity index (χ1n) is 9.40. The van der Waals surface area contributed by atoms with Gasteiger partial charge < -0.3 is 0 Å². The fraction of sp³-hybridized carbons (Fsp3) is 1.00. The molecule has 0 spiro atoms. The van der Waals surface area contributed by atoms with Crippen LogP contribution in [0.2, 0.25) is 0 Å². The summed E-state index contributed by atoms with van der Waals surface area (Å²) in [6.07, 6.45) is 0.00411. The van der Waals surface area contributed by atoms with Crippen LogP contribution >= 0.6 is 0 Å². The van der Waals surface area contributed by atoms with Gasteiger partial charge >= 0.3 is 0 Å². The van der Waals surface area contributed by atoms with E-state index >= 15 is 0 Å². The van der Waals surface area contributed by atoms with Crippen molar-refractivity contribution in [3.63, 3.8) is 0 Å². The normalized spacial score (nSPS) is 37.6. The van der Waals surface area contributed by atoms with Gasteiger partial charge in [-0.15, -0.1) is 0 Å². The van der Waals surface area contributed by atoms with Crippen LogP contribution < -0.4 is 0 Å². The Morgan fingerprint density at radius 3 is 1.91 bits per heavy atom. The second kappa shape index (κ2) is 8.20. The number of halogens is 4. The number of alkyl halides is 4. The van der Waals surface area contributed by atoms with Crippen molar-refractivity contribution in [2.75, 3.05) is 0 Å². The summed E-state index contributed by atoms with van der Waals surface area (Å²) >= 11 is 0. The Labute approximate surface area is 138 Å². The summed E-state index contributed by atoms with van der Waals surface area (Å²) in [5, 5.41) is 0. The minimum Gasteiger partial charge on any atom is -0.244 e. The molecule has 0 aromatic rings. The SMILES string of the molecule is CC(C)C(F)C(F)C(C)C1CCC(C2CCCCC2)C(F)C1F. The van der Waals surface area contributed by atoms with E-state index in [1.54, 1.807) is 20.8 Å². The molecule has 0 bridgehead atoms. The average molecular weight is 336 g/mol. The van der Waals surface area contributed by atoms with E-state index in [0.717, 1.165) is 25.7 Å². The van der Waals surface area contributed by atoms with Crippen LogP contribution in [0.4, 0.5) is 17.6 Å². The van der Waals surface area contributed by atoms with Gasteiger partial charge in [-0.25, -0.2) is 17.6 Å². The highest BCUT2D eigenvalue weighted by molar-refractivity contribution is 4.95. The maximum Gasteiger partial charge on any atom is 0.135 e. The molecule has 136 valence electrons. The second-order valence-corrected chi connectivity index (χ2v) is 8.18. The molecule has 23 heavy (non-hydrogen) atoms. The lowest BCUT2D eigenvalue weighted by atomic mass is 9.66. The van der Waals surface area contributed by atoms with E-state index in [1.165, 1.54) is 6.42 Å².